The fourth-order valence-corrected chi connectivity index (χ4v) is 1.59. The lowest BCUT2D eigenvalue weighted by atomic mass is 10.1. The normalized spacial score (nSPS) is 9.83. The molecule has 18 heavy (non-hydrogen) atoms. The number of halogens is 1. The van der Waals surface area contributed by atoms with Gasteiger partial charge in [-0.2, -0.15) is 10.2 Å². The molecule has 2 aromatic rings. The van der Waals surface area contributed by atoms with Crippen LogP contribution in [-0.4, -0.2) is 9.97 Å². The number of benzene rings is 1. The first-order valence-electron chi connectivity index (χ1n) is 5.07. The van der Waals surface area contributed by atoms with E-state index in [1.807, 2.05) is 13.0 Å². The van der Waals surface area contributed by atoms with Crippen LogP contribution in [0.25, 0.3) is 0 Å². The fraction of sp³-hybridized carbons (Fsp3) is 0.0833. The number of nitrogens with zero attached hydrogens (tertiary/aromatic N) is 3. The number of nitriles is 1. The molecule has 0 aliphatic rings. The van der Waals surface area contributed by atoms with Crippen molar-refractivity contribution in [3.05, 3.63) is 40.0 Å². The summed E-state index contributed by atoms with van der Waals surface area (Å²) in [6.07, 6.45) is 1.52. The highest BCUT2D eigenvalue weighted by Gasteiger charge is 2.09. The smallest absolute Gasteiger partial charge is 0.238 e. The van der Waals surface area contributed by atoms with Gasteiger partial charge in [0.1, 0.15) is 5.75 Å². The van der Waals surface area contributed by atoms with Crippen molar-refractivity contribution >= 4 is 21.9 Å². The lowest BCUT2D eigenvalue weighted by Crippen LogP contribution is -1.98. The van der Waals surface area contributed by atoms with Gasteiger partial charge in [0, 0.05) is 0 Å². The highest BCUT2D eigenvalue weighted by atomic mass is 79.9. The molecule has 0 saturated carbocycles. The first kappa shape index (κ1) is 12.3. The summed E-state index contributed by atoms with van der Waals surface area (Å²) in [7, 11) is 0. The molecule has 1 heterocycles. The van der Waals surface area contributed by atoms with Crippen molar-refractivity contribution in [2.45, 2.75) is 6.92 Å². The Morgan fingerprint density at radius 1 is 1.44 bits per heavy atom. The molecule has 0 aliphatic carbocycles. The zero-order chi connectivity index (χ0) is 13.1. The second-order valence-electron chi connectivity index (χ2n) is 3.58. The summed E-state index contributed by atoms with van der Waals surface area (Å²) < 4.78 is 6.23. The number of anilines is 1. The van der Waals surface area contributed by atoms with E-state index in [-0.39, 0.29) is 5.95 Å². The summed E-state index contributed by atoms with van der Waals surface area (Å²) in [5, 5.41) is 8.86. The molecule has 2 rings (SSSR count). The van der Waals surface area contributed by atoms with Crippen LogP contribution in [0.2, 0.25) is 0 Å². The van der Waals surface area contributed by atoms with E-state index in [0.717, 1.165) is 5.56 Å². The number of hydrogen-bond donors (Lipinski definition) is 1. The van der Waals surface area contributed by atoms with Gasteiger partial charge in [0.2, 0.25) is 11.8 Å². The third-order valence-electron chi connectivity index (χ3n) is 2.25. The predicted octanol–water partition coefficient (Wildman–Crippen LogP) is 2.79. The van der Waals surface area contributed by atoms with Crippen molar-refractivity contribution in [1.82, 2.24) is 9.97 Å². The third kappa shape index (κ3) is 2.57. The molecule has 0 atom stereocenters. The number of nitrogen functional groups attached to an aromatic ring is 1. The molecule has 1 aromatic carbocycles. The zero-order valence-electron chi connectivity index (χ0n) is 9.51. The largest absolute Gasteiger partial charge is 0.437 e. The van der Waals surface area contributed by atoms with E-state index in [9.17, 15) is 0 Å². The average Bonchev–Trinajstić information content (AvgIpc) is 2.36. The van der Waals surface area contributed by atoms with Crippen LogP contribution in [0, 0.1) is 18.3 Å². The molecule has 1 aromatic heterocycles. The fourth-order valence-electron chi connectivity index (χ4n) is 1.32. The molecule has 6 heteroatoms. The molecule has 0 aliphatic heterocycles. The second kappa shape index (κ2) is 5.02. The SMILES string of the molecule is Cc1ccc(C#N)cc1Oc1nc(N)ncc1Br. The Morgan fingerprint density at radius 2 is 2.22 bits per heavy atom. The number of hydrogen-bond acceptors (Lipinski definition) is 5. The molecule has 0 bridgehead atoms. The number of aromatic nitrogens is 2. The van der Waals surface area contributed by atoms with Gasteiger partial charge in [-0.1, -0.05) is 6.07 Å². The first-order valence-corrected chi connectivity index (χ1v) is 5.86. The van der Waals surface area contributed by atoms with Crippen molar-refractivity contribution in [2.24, 2.45) is 0 Å². The summed E-state index contributed by atoms with van der Waals surface area (Å²) in [6, 6.07) is 7.25. The van der Waals surface area contributed by atoms with Crippen molar-refractivity contribution in [3.63, 3.8) is 0 Å². The van der Waals surface area contributed by atoms with Gasteiger partial charge < -0.3 is 10.5 Å². The number of rotatable bonds is 2. The van der Waals surface area contributed by atoms with Crippen molar-refractivity contribution in [1.29, 1.82) is 5.26 Å². The van der Waals surface area contributed by atoms with Crippen molar-refractivity contribution < 1.29 is 4.74 Å². The molecule has 0 amide bonds. The Kier molecular flexibility index (Phi) is 3.44. The lowest BCUT2D eigenvalue weighted by Gasteiger charge is -2.09. The van der Waals surface area contributed by atoms with Crippen LogP contribution in [0.5, 0.6) is 11.6 Å². The molecule has 0 unspecified atom stereocenters. The average molecular weight is 305 g/mol. The topological polar surface area (TPSA) is 84.8 Å². The minimum absolute atomic E-state index is 0.127. The summed E-state index contributed by atoms with van der Waals surface area (Å²) in [5.41, 5.74) is 6.92. The maximum Gasteiger partial charge on any atom is 0.238 e. The molecule has 5 nitrogen and oxygen atoms in total. The standard InChI is InChI=1S/C12H9BrN4O/c1-7-2-3-8(5-14)4-10(7)18-11-9(13)6-16-12(15)17-11/h2-4,6H,1H3,(H2,15,16,17). The van der Waals surface area contributed by atoms with Gasteiger partial charge in [0.15, 0.2) is 0 Å². The minimum atomic E-state index is 0.127. The number of aryl methyl sites for hydroxylation is 1. The van der Waals surface area contributed by atoms with E-state index in [1.54, 1.807) is 12.1 Å². The van der Waals surface area contributed by atoms with Crippen LogP contribution < -0.4 is 10.5 Å². The van der Waals surface area contributed by atoms with Crippen molar-refractivity contribution in [3.8, 4) is 17.7 Å². The van der Waals surface area contributed by atoms with Crippen molar-refractivity contribution in [2.75, 3.05) is 5.73 Å². The van der Waals surface area contributed by atoms with E-state index >= 15 is 0 Å². The number of nitrogens with two attached hydrogens (primary N) is 1. The molecule has 0 spiro atoms. The Bertz CT molecular complexity index is 636. The molecule has 0 fully saturated rings. The van der Waals surface area contributed by atoms with E-state index in [0.29, 0.717) is 21.7 Å². The van der Waals surface area contributed by atoms with Gasteiger partial charge in [-0.25, -0.2) is 4.98 Å². The van der Waals surface area contributed by atoms with E-state index in [2.05, 4.69) is 32.0 Å². The Morgan fingerprint density at radius 3 is 2.94 bits per heavy atom. The Balaban J connectivity index is 2.39. The summed E-state index contributed by atoms with van der Waals surface area (Å²) in [5.74, 6) is 1.01. The predicted molar refractivity (Wildman–Crippen MR) is 70.1 cm³/mol. The molecule has 2 N–H and O–H groups in total. The first-order chi connectivity index (χ1) is 8.60. The van der Waals surface area contributed by atoms with Crippen LogP contribution >= 0.6 is 15.9 Å². The van der Waals surface area contributed by atoms with Crippen LogP contribution in [0.1, 0.15) is 11.1 Å². The summed E-state index contributed by atoms with van der Waals surface area (Å²) >= 11 is 3.28. The van der Waals surface area contributed by atoms with Gasteiger partial charge in [0.05, 0.1) is 22.3 Å². The van der Waals surface area contributed by atoms with Gasteiger partial charge in [-0.3, -0.25) is 0 Å². The van der Waals surface area contributed by atoms with E-state index < -0.39 is 0 Å². The van der Waals surface area contributed by atoms with Crippen LogP contribution in [0.4, 0.5) is 5.95 Å². The zero-order valence-corrected chi connectivity index (χ0v) is 11.1. The van der Waals surface area contributed by atoms with Crippen LogP contribution in [-0.2, 0) is 0 Å². The van der Waals surface area contributed by atoms with E-state index in [4.69, 9.17) is 15.7 Å². The molecule has 0 radical (unpaired) electrons. The summed E-state index contributed by atoms with van der Waals surface area (Å²) in [4.78, 5) is 7.80. The Hall–Kier alpha value is -2.13. The second-order valence-corrected chi connectivity index (χ2v) is 4.43. The van der Waals surface area contributed by atoms with Crippen LogP contribution in [0.3, 0.4) is 0 Å². The Labute approximate surface area is 112 Å². The maximum absolute atomic E-state index is 8.86. The van der Waals surface area contributed by atoms with Gasteiger partial charge >= 0.3 is 0 Å². The molecular weight excluding hydrogens is 296 g/mol. The number of ether oxygens (including phenoxy) is 1. The minimum Gasteiger partial charge on any atom is -0.437 e. The third-order valence-corrected chi connectivity index (χ3v) is 2.80. The highest BCUT2D eigenvalue weighted by Crippen LogP contribution is 2.29. The van der Waals surface area contributed by atoms with Gasteiger partial charge in [-0.15, -0.1) is 0 Å². The van der Waals surface area contributed by atoms with E-state index in [1.165, 1.54) is 6.20 Å². The van der Waals surface area contributed by atoms with Gasteiger partial charge in [-0.05, 0) is 40.5 Å². The lowest BCUT2D eigenvalue weighted by molar-refractivity contribution is 0.455. The molecule has 90 valence electrons. The maximum atomic E-state index is 8.86. The monoisotopic (exact) mass is 304 g/mol. The molecule has 0 saturated heterocycles. The quantitative estimate of drug-likeness (QED) is 0.922. The molecular formula is C12H9BrN4O. The summed E-state index contributed by atoms with van der Waals surface area (Å²) in [6.45, 7) is 1.88. The van der Waals surface area contributed by atoms with Crippen LogP contribution in [0.15, 0.2) is 28.9 Å². The van der Waals surface area contributed by atoms with Gasteiger partial charge in [0.25, 0.3) is 0 Å². The highest BCUT2D eigenvalue weighted by molar-refractivity contribution is 9.10.